The largest absolute Gasteiger partial charge is 0.493 e. The molecule has 1 atom stereocenters. The topological polar surface area (TPSA) is 71.3 Å². The van der Waals surface area contributed by atoms with Crippen molar-refractivity contribution in [2.24, 2.45) is 0 Å². The predicted molar refractivity (Wildman–Crippen MR) is 116 cm³/mol. The van der Waals surface area contributed by atoms with Crippen LogP contribution in [0, 0.1) is 11.3 Å². The molecule has 2 aromatic carbocycles. The summed E-state index contributed by atoms with van der Waals surface area (Å²) in [5.41, 5.74) is 0.710. The van der Waals surface area contributed by atoms with Gasteiger partial charge in [0.1, 0.15) is 0 Å². The van der Waals surface area contributed by atoms with Crippen molar-refractivity contribution in [2.45, 2.75) is 25.7 Å². The van der Waals surface area contributed by atoms with Gasteiger partial charge in [0.05, 0.1) is 31.3 Å². The van der Waals surface area contributed by atoms with E-state index in [0.717, 1.165) is 20.5 Å². The standard InChI is InChI=1S/C23H24N2O3S/c1-5-25-22(26)23(2,17-8-6-15(14-24)7-9-17)13-18-10-16-11-19(27-3)20(28-4)12-21(16)29-18/h6-12H,5,13H2,1-4H3,(H,25,26). The Morgan fingerprint density at radius 1 is 1.14 bits per heavy atom. The lowest BCUT2D eigenvalue weighted by atomic mass is 9.77. The van der Waals surface area contributed by atoms with Gasteiger partial charge in [0, 0.05) is 28.6 Å². The summed E-state index contributed by atoms with van der Waals surface area (Å²) in [4.78, 5) is 14.1. The van der Waals surface area contributed by atoms with Gasteiger partial charge in [-0.15, -0.1) is 11.3 Å². The molecule has 0 aliphatic carbocycles. The van der Waals surface area contributed by atoms with E-state index >= 15 is 0 Å². The van der Waals surface area contributed by atoms with Gasteiger partial charge in [-0.3, -0.25) is 4.79 Å². The first kappa shape index (κ1) is 20.7. The molecule has 3 rings (SSSR count). The molecule has 0 spiro atoms. The van der Waals surface area contributed by atoms with Crippen LogP contribution in [0.1, 0.15) is 29.9 Å². The maximum absolute atomic E-state index is 13.0. The lowest BCUT2D eigenvalue weighted by molar-refractivity contribution is -0.126. The van der Waals surface area contributed by atoms with Crippen LogP contribution in [0.15, 0.2) is 42.5 Å². The maximum Gasteiger partial charge on any atom is 0.230 e. The third-order valence-corrected chi connectivity index (χ3v) is 6.19. The third-order valence-electron chi connectivity index (χ3n) is 5.09. The first-order valence-electron chi connectivity index (χ1n) is 9.38. The van der Waals surface area contributed by atoms with Crippen LogP contribution >= 0.6 is 11.3 Å². The summed E-state index contributed by atoms with van der Waals surface area (Å²) in [6.07, 6.45) is 0.550. The van der Waals surface area contributed by atoms with Crippen molar-refractivity contribution in [3.05, 3.63) is 58.5 Å². The first-order valence-corrected chi connectivity index (χ1v) is 10.2. The number of carbonyl (C=O) groups excluding carboxylic acids is 1. The van der Waals surface area contributed by atoms with E-state index in [9.17, 15) is 4.79 Å². The van der Waals surface area contributed by atoms with E-state index in [1.54, 1.807) is 37.7 Å². The molecule has 6 heteroatoms. The Morgan fingerprint density at radius 3 is 2.38 bits per heavy atom. The molecular formula is C23H24N2O3S. The van der Waals surface area contributed by atoms with Crippen LogP contribution in [0.5, 0.6) is 11.5 Å². The van der Waals surface area contributed by atoms with Crippen LogP contribution in [0.2, 0.25) is 0 Å². The second kappa shape index (κ2) is 8.54. The Labute approximate surface area is 174 Å². The Kier molecular flexibility index (Phi) is 6.09. The highest BCUT2D eigenvalue weighted by atomic mass is 32.1. The SMILES string of the molecule is CCNC(=O)C(C)(Cc1cc2cc(OC)c(OC)cc2s1)c1ccc(C#N)cc1. The van der Waals surface area contributed by atoms with Gasteiger partial charge in [-0.2, -0.15) is 5.26 Å². The highest BCUT2D eigenvalue weighted by Gasteiger charge is 2.35. The number of nitrogens with zero attached hydrogens (tertiary/aromatic N) is 1. The number of ether oxygens (including phenoxy) is 2. The van der Waals surface area contributed by atoms with Gasteiger partial charge in [-0.25, -0.2) is 0 Å². The van der Waals surface area contributed by atoms with Crippen LogP contribution in [0.3, 0.4) is 0 Å². The van der Waals surface area contributed by atoms with Gasteiger partial charge in [0.15, 0.2) is 11.5 Å². The molecule has 0 bridgehead atoms. The molecule has 1 heterocycles. The van der Waals surface area contributed by atoms with Crippen molar-refractivity contribution < 1.29 is 14.3 Å². The summed E-state index contributed by atoms with van der Waals surface area (Å²) >= 11 is 1.64. The van der Waals surface area contributed by atoms with E-state index in [-0.39, 0.29) is 5.91 Å². The second-order valence-corrected chi connectivity index (χ2v) is 8.18. The van der Waals surface area contributed by atoms with Crippen LogP contribution in [-0.4, -0.2) is 26.7 Å². The average Bonchev–Trinajstić information content (AvgIpc) is 3.13. The number of hydrogen-bond acceptors (Lipinski definition) is 5. The highest BCUT2D eigenvalue weighted by Crippen LogP contribution is 2.39. The summed E-state index contributed by atoms with van der Waals surface area (Å²) < 4.78 is 11.9. The molecule has 1 amide bonds. The summed E-state index contributed by atoms with van der Waals surface area (Å²) in [5.74, 6) is 1.34. The number of rotatable bonds is 7. The van der Waals surface area contributed by atoms with Crippen molar-refractivity contribution in [1.29, 1.82) is 5.26 Å². The van der Waals surface area contributed by atoms with Crippen LogP contribution in [0.4, 0.5) is 0 Å². The molecule has 0 radical (unpaired) electrons. The Hall–Kier alpha value is -3.04. The van der Waals surface area contributed by atoms with Crippen molar-refractivity contribution >= 4 is 27.3 Å². The van der Waals surface area contributed by atoms with Gasteiger partial charge < -0.3 is 14.8 Å². The molecule has 1 aromatic heterocycles. The van der Waals surface area contributed by atoms with Crippen LogP contribution < -0.4 is 14.8 Å². The van der Waals surface area contributed by atoms with Gasteiger partial charge >= 0.3 is 0 Å². The number of nitriles is 1. The van der Waals surface area contributed by atoms with Gasteiger partial charge in [-0.1, -0.05) is 12.1 Å². The molecule has 5 nitrogen and oxygen atoms in total. The van der Waals surface area contributed by atoms with Gasteiger partial charge in [-0.05, 0) is 49.1 Å². The number of hydrogen-bond donors (Lipinski definition) is 1. The monoisotopic (exact) mass is 408 g/mol. The molecule has 29 heavy (non-hydrogen) atoms. The second-order valence-electron chi connectivity index (χ2n) is 7.02. The molecule has 3 aromatic rings. The molecule has 0 aliphatic rings. The number of thiophene rings is 1. The molecule has 1 N–H and O–H groups in total. The Morgan fingerprint density at radius 2 is 1.79 bits per heavy atom. The Balaban J connectivity index is 2.03. The summed E-state index contributed by atoms with van der Waals surface area (Å²) in [5, 5.41) is 13.1. The van der Waals surface area contributed by atoms with E-state index in [1.165, 1.54) is 0 Å². The number of amides is 1. The van der Waals surface area contributed by atoms with E-state index in [2.05, 4.69) is 17.5 Å². The first-order chi connectivity index (χ1) is 13.9. The lowest BCUT2D eigenvalue weighted by Crippen LogP contribution is -2.43. The van der Waals surface area contributed by atoms with Gasteiger partial charge in [0.25, 0.3) is 0 Å². The van der Waals surface area contributed by atoms with Crippen LogP contribution in [-0.2, 0) is 16.6 Å². The summed E-state index contributed by atoms with van der Waals surface area (Å²) in [6.45, 7) is 4.42. The molecular weight excluding hydrogens is 384 g/mol. The van der Waals surface area contributed by atoms with E-state index in [1.807, 2.05) is 38.1 Å². The zero-order valence-electron chi connectivity index (χ0n) is 17.0. The predicted octanol–water partition coefficient (Wildman–Crippen LogP) is 4.43. The summed E-state index contributed by atoms with van der Waals surface area (Å²) in [6, 6.07) is 15.4. The van der Waals surface area contributed by atoms with Crippen molar-refractivity contribution in [2.75, 3.05) is 20.8 Å². The highest BCUT2D eigenvalue weighted by molar-refractivity contribution is 7.19. The van der Waals surface area contributed by atoms with Crippen molar-refractivity contribution in [1.82, 2.24) is 5.32 Å². The maximum atomic E-state index is 13.0. The smallest absolute Gasteiger partial charge is 0.230 e. The van der Waals surface area contributed by atoms with Gasteiger partial charge in [0.2, 0.25) is 5.91 Å². The number of likely N-dealkylation sites (N-methyl/N-ethyl adjacent to an activating group) is 1. The third kappa shape index (κ3) is 4.06. The fraction of sp³-hybridized carbons (Fsp3) is 0.304. The van der Waals surface area contributed by atoms with E-state index < -0.39 is 5.41 Å². The zero-order chi connectivity index (χ0) is 21.0. The molecule has 0 aliphatic heterocycles. The summed E-state index contributed by atoms with van der Waals surface area (Å²) in [7, 11) is 3.24. The molecule has 150 valence electrons. The number of carbonyl (C=O) groups is 1. The quantitative estimate of drug-likeness (QED) is 0.628. The number of methoxy groups -OCH3 is 2. The zero-order valence-corrected chi connectivity index (χ0v) is 17.9. The fourth-order valence-electron chi connectivity index (χ4n) is 3.44. The minimum absolute atomic E-state index is 0.0303. The van der Waals surface area contributed by atoms with E-state index in [0.29, 0.717) is 30.0 Å². The number of nitrogens with one attached hydrogen (secondary N) is 1. The molecule has 0 saturated heterocycles. The van der Waals surface area contributed by atoms with Crippen LogP contribution in [0.25, 0.3) is 10.1 Å². The van der Waals surface area contributed by atoms with Crippen molar-refractivity contribution in [3.63, 3.8) is 0 Å². The Bertz CT molecular complexity index is 1030. The fourth-order valence-corrected chi connectivity index (χ4v) is 4.67. The lowest BCUT2D eigenvalue weighted by Gasteiger charge is -2.28. The number of benzene rings is 2. The minimum atomic E-state index is -0.751. The molecule has 1 unspecified atom stereocenters. The average molecular weight is 409 g/mol. The van der Waals surface area contributed by atoms with Crippen molar-refractivity contribution in [3.8, 4) is 17.6 Å². The van der Waals surface area contributed by atoms with E-state index in [4.69, 9.17) is 14.7 Å². The normalized spacial score (nSPS) is 12.8. The minimum Gasteiger partial charge on any atom is -0.493 e. The molecule has 0 fully saturated rings. The molecule has 0 saturated carbocycles. The number of fused-ring (bicyclic) bond motifs is 1.